The first-order valence-corrected chi connectivity index (χ1v) is 6.32. The molecule has 1 N–H and O–H groups in total. The third-order valence-electron chi connectivity index (χ3n) is 2.50. The van der Waals surface area contributed by atoms with Gasteiger partial charge in [0.05, 0.1) is 17.4 Å². The summed E-state index contributed by atoms with van der Waals surface area (Å²) in [4.78, 5) is 14.2. The predicted octanol–water partition coefficient (Wildman–Crippen LogP) is 2.83. The van der Waals surface area contributed by atoms with Crippen LogP contribution in [0.25, 0.3) is 0 Å². The highest BCUT2D eigenvalue weighted by atomic mass is 32.1. The second kappa shape index (κ2) is 4.71. The number of carbonyl (C=O) groups excluding carboxylic acids is 1. The molecule has 2 rings (SSSR count). The Hall–Kier alpha value is -1.62. The lowest BCUT2D eigenvalue weighted by Crippen LogP contribution is -2.11. The highest BCUT2D eigenvalue weighted by Gasteiger charge is 2.12. The smallest absolute Gasteiger partial charge is 0.256 e. The van der Waals surface area contributed by atoms with E-state index in [-0.39, 0.29) is 5.91 Å². The molecule has 0 fully saturated rings. The Morgan fingerprint density at radius 1 is 1.53 bits per heavy atom. The largest absolute Gasteiger partial charge is 0.319 e. The van der Waals surface area contributed by atoms with Gasteiger partial charge in [-0.15, -0.1) is 11.3 Å². The zero-order valence-corrected chi connectivity index (χ0v) is 11.0. The molecule has 0 aliphatic carbocycles. The molecule has 90 valence electrons. The molecule has 0 aromatic carbocycles. The van der Waals surface area contributed by atoms with Crippen molar-refractivity contribution < 1.29 is 4.79 Å². The van der Waals surface area contributed by atoms with Crippen molar-refractivity contribution in [2.45, 2.75) is 27.3 Å². The molecular weight excluding hydrogens is 234 g/mol. The first-order valence-electron chi connectivity index (χ1n) is 5.51. The number of carbonyl (C=O) groups is 1. The summed E-state index contributed by atoms with van der Waals surface area (Å²) in [6, 6.07) is 1.92. The van der Waals surface area contributed by atoms with Gasteiger partial charge in [-0.05, 0) is 26.8 Å². The van der Waals surface area contributed by atoms with Crippen molar-refractivity contribution in [2.24, 2.45) is 0 Å². The third-order valence-corrected chi connectivity index (χ3v) is 3.47. The number of anilines is 1. The number of hydrogen-bond acceptors (Lipinski definition) is 3. The molecule has 1 amide bonds. The van der Waals surface area contributed by atoms with Crippen molar-refractivity contribution in [3.63, 3.8) is 0 Å². The topological polar surface area (TPSA) is 46.9 Å². The van der Waals surface area contributed by atoms with E-state index in [4.69, 9.17) is 0 Å². The predicted molar refractivity (Wildman–Crippen MR) is 69.6 cm³/mol. The number of hydrogen-bond donors (Lipinski definition) is 1. The molecule has 0 saturated heterocycles. The Morgan fingerprint density at radius 2 is 2.29 bits per heavy atom. The summed E-state index contributed by atoms with van der Waals surface area (Å²) in [5, 5.41) is 6.97. The Labute approximate surface area is 104 Å². The number of rotatable bonds is 3. The fraction of sp³-hybridized carbons (Fsp3) is 0.333. The Morgan fingerprint density at radius 3 is 2.82 bits per heavy atom. The first kappa shape index (κ1) is 11.9. The zero-order chi connectivity index (χ0) is 12.4. The normalized spacial score (nSPS) is 10.5. The van der Waals surface area contributed by atoms with Gasteiger partial charge >= 0.3 is 0 Å². The van der Waals surface area contributed by atoms with Crippen LogP contribution >= 0.6 is 11.3 Å². The summed E-state index contributed by atoms with van der Waals surface area (Å²) in [6.07, 6.45) is 3.49. The average Bonchev–Trinajstić information content (AvgIpc) is 2.85. The molecule has 0 radical (unpaired) electrons. The van der Waals surface area contributed by atoms with Gasteiger partial charge in [-0.1, -0.05) is 0 Å². The number of aromatic nitrogens is 2. The molecule has 17 heavy (non-hydrogen) atoms. The number of aryl methyl sites for hydroxylation is 3. The number of thiophene rings is 1. The summed E-state index contributed by atoms with van der Waals surface area (Å²) in [5.74, 6) is -0.0671. The molecule has 2 aromatic heterocycles. The van der Waals surface area contributed by atoms with Gasteiger partial charge in [0, 0.05) is 22.5 Å². The maximum absolute atomic E-state index is 12.0. The highest BCUT2D eigenvalue weighted by molar-refractivity contribution is 7.12. The van der Waals surface area contributed by atoms with E-state index in [2.05, 4.69) is 10.4 Å². The van der Waals surface area contributed by atoms with Crippen molar-refractivity contribution in [3.05, 3.63) is 33.8 Å². The number of amides is 1. The minimum Gasteiger partial charge on any atom is -0.319 e. The molecule has 0 aliphatic heterocycles. The fourth-order valence-corrected chi connectivity index (χ4v) is 2.58. The van der Waals surface area contributed by atoms with Gasteiger partial charge in [0.15, 0.2) is 0 Å². The van der Waals surface area contributed by atoms with E-state index >= 15 is 0 Å². The van der Waals surface area contributed by atoms with E-state index in [9.17, 15) is 4.79 Å². The van der Waals surface area contributed by atoms with E-state index < -0.39 is 0 Å². The molecule has 0 atom stereocenters. The van der Waals surface area contributed by atoms with Crippen LogP contribution in [0.5, 0.6) is 0 Å². The van der Waals surface area contributed by atoms with E-state index in [1.165, 1.54) is 0 Å². The van der Waals surface area contributed by atoms with Crippen molar-refractivity contribution in [1.82, 2.24) is 9.78 Å². The molecular formula is C12H15N3OS. The van der Waals surface area contributed by atoms with E-state index in [1.54, 1.807) is 22.2 Å². The van der Waals surface area contributed by atoms with E-state index in [0.717, 1.165) is 27.5 Å². The lowest BCUT2D eigenvalue weighted by molar-refractivity contribution is 0.102. The van der Waals surface area contributed by atoms with Crippen molar-refractivity contribution in [1.29, 1.82) is 0 Å². The van der Waals surface area contributed by atoms with Crippen LogP contribution in [0.3, 0.4) is 0 Å². The molecule has 2 heterocycles. The monoisotopic (exact) mass is 249 g/mol. The van der Waals surface area contributed by atoms with Crippen LogP contribution in [0.2, 0.25) is 0 Å². The molecule has 2 aromatic rings. The summed E-state index contributed by atoms with van der Waals surface area (Å²) >= 11 is 1.64. The van der Waals surface area contributed by atoms with Crippen LogP contribution in [0.1, 0.15) is 27.0 Å². The molecule has 0 unspecified atom stereocenters. The SMILES string of the molecule is CCn1cc(NC(=O)c2cc(C)sc2C)cn1. The lowest BCUT2D eigenvalue weighted by atomic mass is 10.2. The molecule has 5 heteroatoms. The second-order valence-corrected chi connectivity index (χ2v) is 5.33. The molecule has 0 spiro atoms. The van der Waals surface area contributed by atoms with Gasteiger partial charge in [-0.2, -0.15) is 5.10 Å². The maximum Gasteiger partial charge on any atom is 0.256 e. The molecule has 4 nitrogen and oxygen atoms in total. The minimum absolute atomic E-state index is 0.0671. The maximum atomic E-state index is 12.0. The van der Waals surface area contributed by atoms with Crippen LogP contribution < -0.4 is 5.32 Å². The summed E-state index contributed by atoms with van der Waals surface area (Å²) < 4.78 is 1.78. The summed E-state index contributed by atoms with van der Waals surface area (Å²) in [6.45, 7) is 6.77. The van der Waals surface area contributed by atoms with E-state index in [0.29, 0.717) is 0 Å². The highest BCUT2D eigenvalue weighted by Crippen LogP contribution is 2.21. The quantitative estimate of drug-likeness (QED) is 0.909. The van der Waals surface area contributed by atoms with Crippen LogP contribution in [0, 0.1) is 13.8 Å². The summed E-state index contributed by atoms with van der Waals surface area (Å²) in [5.41, 5.74) is 1.48. The third kappa shape index (κ3) is 2.55. The minimum atomic E-state index is -0.0671. The van der Waals surface area contributed by atoms with Gasteiger partial charge in [-0.3, -0.25) is 9.48 Å². The Balaban J connectivity index is 2.14. The lowest BCUT2D eigenvalue weighted by Gasteiger charge is -2.00. The standard InChI is InChI=1S/C12H15N3OS/c1-4-15-7-10(6-13-15)14-12(16)11-5-8(2)17-9(11)3/h5-7H,4H2,1-3H3,(H,14,16). The van der Waals surface area contributed by atoms with Crippen molar-refractivity contribution in [3.8, 4) is 0 Å². The molecule has 0 bridgehead atoms. The van der Waals surface area contributed by atoms with Crippen LogP contribution in [0.4, 0.5) is 5.69 Å². The van der Waals surface area contributed by atoms with Gasteiger partial charge in [0.1, 0.15) is 0 Å². The Bertz CT molecular complexity index is 542. The van der Waals surface area contributed by atoms with Crippen LogP contribution in [-0.2, 0) is 6.54 Å². The zero-order valence-electron chi connectivity index (χ0n) is 10.2. The fourth-order valence-electron chi connectivity index (χ4n) is 1.66. The van der Waals surface area contributed by atoms with Crippen LogP contribution in [0.15, 0.2) is 18.5 Å². The molecule has 0 aliphatic rings. The Kier molecular flexibility index (Phi) is 3.28. The van der Waals surface area contributed by atoms with Crippen molar-refractivity contribution >= 4 is 22.9 Å². The van der Waals surface area contributed by atoms with Gasteiger partial charge in [0.25, 0.3) is 5.91 Å². The van der Waals surface area contributed by atoms with Gasteiger partial charge in [0.2, 0.25) is 0 Å². The van der Waals surface area contributed by atoms with Crippen molar-refractivity contribution in [2.75, 3.05) is 5.32 Å². The number of nitrogens with one attached hydrogen (secondary N) is 1. The molecule has 0 saturated carbocycles. The second-order valence-electron chi connectivity index (χ2n) is 3.87. The summed E-state index contributed by atoms with van der Waals surface area (Å²) in [7, 11) is 0. The average molecular weight is 249 g/mol. The van der Waals surface area contributed by atoms with Crippen LogP contribution in [-0.4, -0.2) is 15.7 Å². The van der Waals surface area contributed by atoms with Gasteiger partial charge in [-0.25, -0.2) is 0 Å². The van der Waals surface area contributed by atoms with E-state index in [1.807, 2.05) is 33.0 Å². The number of nitrogens with zero attached hydrogens (tertiary/aromatic N) is 2. The first-order chi connectivity index (χ1) is 8.10. The van der Waals surface area contributed by atoms with Gasteiger partial charge < -0.3 is 5.32 Å².